The van der Waals surface area contributed by atoms with E-state index in [9.17, 15) is 9.59 Å². The molecule has 0 spiro atoms. The Hall–Kier alpha value is -3.15. The number of amides is 1. The molecule has 2 aromatic carbocycles. The number of para-hydroxylation sites is 1. The topological polar surface area (TPSA) is 95.1 Å². The number of aromatic nitrogens is 2. The Morgan fingerprint density at radius 3 is 2.68 bits per heavy atom. The number of rotatable bonds is 3. The van der Waals surface area contributed by atoms with Crippen molar-refractivity contribution in [1.82, 2.24) is 10.2 Å². The van der Waals surface area contributed by atoms with Crippen molar-refractivity contribution >= 4 is 28.5 Å². The van der Waals surface area contributed by atoms with Crippen LogP contribution in [0.4, 0.5) is 5.69 Å². The van der Waals surface area contributed by atoms with Gasteiger partial charge in [-0.2, -0.15) is 5.10 Å². The highest BCUT2D eigenvalue weighted by atomic mass is 16.4. The van der Waals surface area contributed by atoms with Gasteiger partial charge in [0.15, 0.2) is 5.69 Å². The Labute approximate surface area is 125 Å². The van der Waals surface area contributed by atoms with Crippen LogP contribution in [0.2, 0.25) is 0 Å². The van der Waals surface area contributed by atoms with Crippen molar-refractivity contribution in [2.24, 2.45) is 0 Å². The zero-order chi connectivity index (χ0) is 15.7. The first kappa shape index (κ1) is 13.8. The van der Waals surface area contributed by atoms with E-state index >= 15 is 0 Å². The summed E-state index contributed by atoms with van der Waals surface area (Å²) in [6.07, 6.45) is 0. The monoisotopic (exact) mass is 295 g/mol. The number of carboxylic acid groups (broad SMARTS) is 1. The second kappa shape index (κ2) is 5.33. The zero-order valence-corrected chi connectivity index (χ0v) is 11.8. The fourth-order valence-electron chi connectivity index (χ4n) is 2.31. The molecular weight excluding hydrogens is 282 g/mol. The van der Waals surface area contributed by atoms with E-state index in [-0.39, 0.29) is 11.5 Å². The molecule has 0 fully saturated rings. The van der Waals surface area contributed by atoms with Crippen LogP contribution < -0.4 is 5.32 Å². The van der Waals surface area contributed by atoms with E-state index in [2.05, 4.69) is 15.5 Å². The van der Waals surface area contributed by atoms with Gasteiger partial charge in [-0.05, 0) is 36.8 Å². The Morgan fingerprint density at radius 1 is 1.18 bits per heavy atom. The maximum Gasteiger partial charge on any atom is 0.335 e. The molecule has 1 amide bonds. The number of aromatic amines is 1. The Balaban J connectivity index is 1.88. The van der Waals surface area contributed by atoms with Gasteiger partial charge in [0.2, 0.25) is 0 Å². The average Bonchev–Trinajstić information content (AvgIpc) is 2.91. The molecule has 0 aliphatic heterocycles. The van der Waals surface area contributed by atoms with E-state index in [0.717, 1.165) is 10.9 Å². The number of carboxylic acids is 1. The zero-order valence-electron chi connectivity index (χ0n) is 11.8. The molecule has 0 bridgehead atoms. The number of hydrogen-bond acceptors (Lipinski definition) is 3. The Bertz CT molecular complexity index is 883. The van der Waals surface area contributed by atoms with Crippen molar-refractivity contribution in [2.75, 3.05) is 5.32 Å². The number of aromatic carboxylic acids is 1. The van der Waals surface area contributed by atoms with Gasteiger partial charge < -0.3 is 10.4 Å². The van der Waals surface area contributed by atoms with Crippen molar-refractivity contribution < 1.29 is 14.7 Å². The number of benzene rings is 2. The molecule has 0 aliphatic carbocycles. The maximum atomic E-state index is 12.3. The number of carbonyl (C=O) groups excluding carboxylic acids is 1. The summed E-state index contributed by atoms with van der Waals surface area (Å²) in [4.78, 5) is 23.3. The van der Waals surface area contributed by atoms with Crippen molar-refractivity contribution in [3.05, 3.63) is 59.3 Å². The lowest BCUT2D eigenvalue weighted by molar-refractivity contribution is 0.0696. The summed E-state index contributed by atoms with van der Waals surface area (Å²) in [5.74, 6) is -1.34. The summed E-state index contributed by atoms with van der Waals surface area (Å²) in [6, 6.07) is 12.0. The molecule has 6 heteroatoms. The second-order valence-corrected chi connectivity index (χ2v) is 4.91. The molecule has 6 nitrogen and oxygen atoms in total. The van der Waals surface area contributed by atoms with Crippen LogP contribution in [0.15, 0.2) is 42.5 Å². The van der Waals surface area contributed by atoms with E-state index in [4.69, 9.17) is 5.11 Å². The molecule has 0 saturated heterocycles. The Morgan fingerprint density at radius 2 is 1.95 bits per heavy atom. The summed E-state index contributed by atoms with van der Waals surface area (Å²) in [7, 11) is 0. The van der Waals surface area contributed by atoms with E-state index in [1.54, 1.807) is 19.1 Å². The van der Waals surface area contributed by atoms with Crippen LogP contribution in [-0.2, 0) is 0 Å². The fourth-order valence-corrected chi connectivity index (χ4v) is 2.31. The summed E-state index contributed by atoms with van der Waals surface area (Å²) in [6.45, 7) is 1.68. The highest BCUT2D eigenvalue weighted by Crippen LogP contribution is 2.19. The molecule has 1 heterocycles. The van der Waals surface area contributed by atoms with Crippen molar-refractivity contribution in [2.45, 2.75) is 6.92 Å². The van der Waals surface area contributed by atoms with Crippen LogP contribution >= 0.6 is 0 Å². The predicted octanol–water partition coefficient (Wildman–Crippen LogP) is 2.82. The van der Waals surface area contributed by atoms with Gasteiger partial charge in [-0.3, -0.25) is 9.89 Å². The number of carbonyl (C=O) groups is 2. The molecule has 0 radical (unpaired) electrons. The number of aryl methyl sites for hydroxylation is 1. The fraction of sp³-hybridized carbons (Fsp3) is 0.0625. The largest absolute Gasteiger partial charge is 0.478 e. The lowest BCUT2D eigenvalue weighted by Gasteiger charge is -2.06. The van der Waals surface area contributed by atoms with Crippen molar-refractivity contribution in [3.63, 3.8) is 0 Å². The molecule has 3 aromatic rings. The highest BCUT2D eigenvalue weighted by molar-refractivity contribution is 6.11. The number of hydrogen-bond donors (Lipinski definition) is 3. The van der Waals surface area contributed by atoms with Gasteiger partial charge in [0.1, 0.15) is 0 Å². The summed E-state index contributed by atoms with van der Waals surface area (Å²) < 4.78 is 0. The van der Waals surface area contributed by atoms with Gasteiger partial charge in [-0.25, -0.2) is 4.79 Å². The molecule has 3 N–H and O–H groups in total. The minimum atomic E-state index is -0.992. The summed E-state index contributed by atoms with van der Waals surface area (Å²) in [5, 5.41) is 19.3. The maximum absolute atomic E-state index is 12.3. The van der Waals surface area contributed by atoms with Crippen LogP contribution in [0.1, 0.15) is 26.4 Å². The second-order valence-electron chi connectivity index (χ2n) is 4.91. The first-order chi connectivity index (χ1) is 10.6. The third-order valence-corrected chi connectivity index (χ3v) is 3.40. The molecular formula is C16H13N3O3. The molecule has 0 atom stereocenters. The van der Waals surface area contributed by atoms with Crippen LogP contribution in [0.3, 0.4) is 0 Å². The molecule has 22 heavy (non-hydrogen) atoms. The first-order valence-electron chi connectivity index (χ1n) is 6.64. The normalized spacial score (nSPS) is 10.6. The number of anilines is 1. The van der Waals surface area contributed by atoms with Crippen molar-refractivity contribution in [1.29, 1.82) is 0 Å². The first-order valence-corrected chi connectivity index (χ1v) is 6.64. The molecule has 0 saturated carbocycles. The molecule has 110 valence electrons. The summed E-state index contributed by atoms with van der Waals surface area (Å²) in [5.41, 5.74) is 2.40. The van der Waals surface area contributed by atoms with Crippen LogP contribution in [0.5, 0.6) is 0 Å². The summed E-state index contributed by atoms with van der Waals surface area (Å²) >= 11 is 0. The number of H-pyrrole nitrogens is 1. The standard InChI is InChI=1S/C16H13N3O3/c1-9-8-10(6-7-11(9)16(21)22)17-15(20)14-12-4-2-3-5-13(12)18-19-14/h2-8H,1H3,(H,17,20)(H,18,19)(H,21,22). The molecule has 0 aliphatic rings. The van der Waals surface area contributed by atoms with E-state index in [1.807, 2.05) is 24.3 Å². The Kier molecular flexibility index (Phi) is 3.34. The van der Waals surface area contributed by atoms with Crippen LogP contribution in [0.25, 0.3) is 10.9 Å². The number of fused-ring (bicyclic) bond motifs is 1. The number of nitrogens with zero attached hydrogens (tertiary/aromatic N) is 1. The average molecular weight is 295 g/mol. The molecule has 0 unspecified atom stereocenters. The van der Waals surface area contributed by atoms with Crippen LogP contribution in [-0.4, -0.2) is 27.2 Å². The SMILES string of the molecule is Cc1cc(NC(=O)c2n[nH]c3ccccc23)ccc1C(=O)O. The van der Waals surface area contributed by atoms with Gasteiger partial charge in [-0.1, -0.05) is 18.2 Å². The van der Waals surface area contributed by atoms with Gasteiger partial charge in [-0.15, -0.1) is 0 Å². The lowest BCUT2D eigenvalue weighted by Crippen LogP contribution is -2.13. The van der Waals surface area contributed by atoms with Gasteiger partial charge >= 0.3 is 5.97 Å². The third-order valence-electron chi connectivity index (χ3n) is 3.40. The quantitative estimate of drug-likeness (QED) is 0.692. The van der Waals surface area contributed by atoms with E-state index < -0.39 is 5.97 Å². The van der Waals surface area contributed by atoms with Gasteiger partial charge in [0.05, 0.1) is 11.1 Å². The van der Waals surface area contributed by atoms with Crippen LogP contribution in [0, 0.1) is 6.92 Å². The van der Waals surface area contributed by atoms with Crippen molar-refractivity contribution in [3.8, 4) is 0 Å². The van der Waals surface area contributed by atoms with Gasteiger partial charge in [0, 0.05) is 11.1 Å². The van der Waals surface area contributed by atoms with Gasteiger partial charge in [0.25, 0.3) is 5.91 Å². The van der Waals surface area contributed by atoms with E-state index in [0.29, 0.717) is 16.9 Å². The lowest BCUT2D eigenvalue weighted by atomic mass is 10.1. The molecule has 1 aromatic heterocycles. The number of nitrogens with one attached hydrogen (secondary N) is 2. The predicted molar refractivity (Wildman–Crippen MR) is 82.2 cm³/mol. The minimum absolute atomic E-state index is 0.211. The highest BCUT2D eigenvalue weighted by Gasteiger charge is 2.15. The minimum Gasteiger partial charge on any atom is -0.478 e. The third kappa shape index (κ3) is 2.42. The smallest absolute Gasteiger partial charge is 0.335 e. The van der Waals surface area contributed by atoms with E-state index in [1.165, 1.54) is 6.07 Å². The molecule has 3 rings (SSSR count).